The molecule has 0 N–H and O–H groups in total. The molecule has 0 aliphatic heterocycles. The summed E-state index contributed by atoms with van der Waals surface area (Å²) in [7, 11) is 0. The lowest BCUT2D eigenvalue weighted by Gasteiger charge is -2.19. The summed E-state index contributed by atoms with van der Waals surface area (Å²) in [5.74, 6) is 0. The van der Waals surface area contributed by atoms with Crippen LogP contribution in [0.5, 0.6) is 0 Å². The van der Waals surface area contributed by atoms with E-state index < -0.39 is 0 Å². The van der Waals surface area contributed by atoms with Crippen LogP contribution in [0.1, 0.15) is 33.4 Å². The lowest BCUT2D eigenvalue weighted by atomic mass is 9.96. The van der Waals surface area contributed by atoms with Gasteiger partial charge in [0.15, 0.2) is 0 Å². The molecule has 0 aliphatic rings. The van der Waals surface area contributed by atoms with E-state index in [2.05, 4.69) is 69.8 Å². The van der Waals surface area contributed by atoms with Crippen LogP contribution >= 0.6 is 0 Å². The van der Waals surface area contributed by atoms with Crippen molar-refractivity contribution in [2.45, 2.75) is 0 Å². The van der Waals surface area contributed by atoms with Crippen molar-refractivity contribution >= 4 is 43.6 Å². The monoisotopic (exact) mass is 938 g/mol. The Kier molecular flexibility index (Phi) is 10.7. The van der Waals surface area contributed by atoms with Gasteiger partial charge in [-0.05, 0) is 153 Å². The second-order valence-electron chi connectivity index (χ2n) is 17.9. The molecule has 8 nitrogen and oxygen atoms in total. The van der Waals surface area contributed by atoms with Crippen LogP contribution in [0.4, 0.5) is 0 Å². The Hall–Kier alpha value is -11.3. The van der Waals surface area contributed by atoms with E-state index in [9.17, 15) is 31.6 Å². The molecule has 0 fully saturated rings. The molecule has 10 aromatic carbocycles. The molecule has 0 bridgehead atoms. The average Bonchev–Trinajstić information content (AvgIpc) is 3.97. The van der Waals surface area contributed by atoms with Crippen LogP contribution < -0.4 is 0 Å². The van der Waals surface area contributed by atoms with Crippen LogP contribution in [-0.4, -0.2) is 9.13 Å². The van der Waals surface area contributed by atoms with Crippen LogP contribution in [0.2, 0.25) is 0 Å². The zero-order valence-electron chi connectivity index (χ0n) is 39.2. The molecule has 338 valence electrons. The maximum atomic E-state index is 11.8. The van der Waals surface area contributed by atoms with E-state index in [-0.39, 0.29) is 0 Å². The van der Waals surface area contributed by atoms with Crippen molar-refractivity contribution in [3.05, 3.63) is 240 Å². The molecule has 0 saturated heterocycles. The number of fused-ring (bicyclic) bond motifs is 6. The first kappa shape index (κ1) is 44.0. The van der Waals surface area contributed by atoms with Gasteiger partial charge in [0.25, 0.3) is 0 Å². The molecular weight excluding hydrogens is 905 g/mol. The van der Waals surface area contributed by atoms with Gasteiger partial charge in [-0.2, -0.15) is 31.6 Å². The highest BCUT2D eigenvalue weighted by atomic mass is 15.0. The maximum absolute atomic E-state index is 11.8. The highest BCUT2D eigenvalue weighted by Crippen LogP contribution is 2.44. The quantitative estimate of drug-likeness (QED) is 0.155. The summed E-state index contributed by atoms with van der Waals surface area (Å²) in [6.45, 7) is 0. The number of hydrogen-bond acceptors (Lipinski definition) is 6. The van der Waals surface area contributed by atoms with E-state index >= 15 is 0 Å². The van der Waals surface area contributed by atoms with E-state index in [0.717, 1.165) is 99.2 Å². The number of hydrogen-bond donors (Lipinski definition) is 0. The van der Waals surface area contributed by atoms with Gasteiger partial charge in [0.1, 0.15) is 11.6 Å². The Morgan fingerprint density at radius 3 is 0.905 bits per heavy atom. The largest absolute Gasteiger partial charge is 0.308 e. The van der Waals surface area contributed by atoms with Crippen LogP contribution in [-0.2, 0) is 0 Å². The van der Waals surface area contributed by atoms with Crippen LogP contribution in [0, 0.1) is 68.0 Å². The number of rotatable bonds is 7. The molecular formula is C66H34N8. The molecule has 0 spiro atoms. The Morgan fingerprint density at radius 2 is 0.595 bits per heavy atom. The van der Waals surface area contributed by atoms with Gasteiger partial charge in [0, 0.05) is 21.5 Å². The smallest absolute Gasteiger partial charge is 0.104 e. The molecule has 12 rings (SSSR count). The first-order chi connectivity index (χ1) is 36.4. The summed E-state index contributed by atoms with van der Waals surface area (Å²) in [5, 5.41) is 66.2. The normalized spacial score (nSPS) is 10.9. The fourth-order valence-corrected chi connectivity index (χ4v) is 10.6. The third kappa shape index (κ3) is 7.10. The van der Waals surface area contributed by atoms with Gasteiger partial charge < -0.3 is 9.13 Å². The first-order valence-electron chi connectivity index (χ1n) is 23.7. The Bertz CT molecular complexity index is 4150. The molecule has 8 heteroatoms. The third-order valence-electron chi connectivity index (χ3n) is 14.0. The summed E-state index contributed by atoms with van der Waals surface area (Å²) in [6.07, 6.45) is 0. The van der Waals surface area contributed by atoms with E-state index in [1.165, 1.54) is 0 Å². The van der Waals surface area contributed by atoms with Crippen molar-refractivity contribution in [1.82, 2.24) is 9.13 Å². The topological polar surface area (TPSA) is 153 Å². The lowest BCUT2D eigenvalue weighted by Crippen LogP contribution is -2.05. The minimum absolute atomic E-state index is 0.374. The minimum atomic E-state index is 0.374. The van der Waals surface area contributed by atoms with Crippen molar-refractivity contribution in [2.75, 3.05) is 0 Å². The zero-order valence-corrected chi connectivity index (χ0v) is 39.2. The molecule has 0 radical (unpaired) electrons. The summed E-state index contributed by atoms with van der Waals surface area (Å²) >= 11 is 0. The Labute approximate surface area is 425 Å². The summed E-state index contributed by atoms with van der Waals surface area (Å²) in [6, 6.07) is 80.4. The summed E-state index contributed by atoms with van der Waals surface area (Å²) in [5.41, 5.74) is 15.5. The van der Waals surface area contributed by atoms with Gasteiger partial charge >= 0.3 is 0 Å². The zero-order chi connectivity index (χ0) is 50.5. The number of nitrogens with zero attached hydrogens (tertiary/aromatic N) is 8. The summed E-state index contributed by atoms with van der Waals surface area (Å²) in [4.78, 5) is 0. The SMILES string of the molecule is N#Cc1cccc(-c2cc(-n3c4ccc(-c5ccccc5C#N)cc4c4cc(-c5ccccc5C#N)ccc43)c(C#N)c(-n3c4ccc(-c5ccccc5C#N)cc4c4cc(-c5ccccc5C#N)ccc43)c2)c1. The van der Waals surface area contributed by atoms with Gasteiger partial charge in [-0.15, -0.1) is 0 Å². The van der Waals surface area contributed by atoms with Gasteiger partial charge in [0.2, 0.25) is 0 Å². The predicted molar refractivity (Wildman–Crippen MR) is 291 cm³/mol. The van der Waals surface area contributed by atoms with Gasteiger partial charge in [-0.3, -0.25) is 0 Å². The Morgan fingerprint density at radius 1 is 0.257 bits per heavy atom. The number of benzene rings is 10. The summed E-state index contributed by atoms with van der Waals surface area (Å²) < 4.78 is 4.23. The fraction of sp³-hybridized carbons (Fsp3) is 0. The Balaban J connectivity index is 1.20. The minimum Gasteiger partial charge on any atom is -0.308 e. The second kappa shape index (κ2) is 17.9. The highest BCUT2D eigenvalue weighted by molar-refractivity contribution is 6.14. The number of aromatic nitrogens is 2. The molecule has 2 heterocycles. The highest BCUT2D eigenvalue weighted by Gasteiger charge is 2.25. The van der Waals surface area contributed by atoms with Crippen molar-refractivity contribution < 1.29 is 0 Å². The van der Waals surface area contributed by atoms with Crippen molar-refractivity contribution in [3.8, 4) is 103 Å². The molecule has 0 amide bonds. The first-order valence-corrected chi connectivity index (χ1v) is 23.7. The maximum Gasteiger partial charge on any atom is 0.104 e. The molecule has 12 aromatic rings. The molecule has 74 heavy (non-hydrogen) atoms. The van der Waals surface area contributed by atoms with E-state index in [0.29, 0.717) is 44.8 Å². The second-order valence-corrected chi connectivity index (χ2v) is 17.9. The van der Waals surface area contributed by atoms with Gasteiger partial charge in [-0.25, -0.2) is 0 Å². The van der Waals surface area contributed by atoms with E-state index in [1.54, 1.807) is 30.3 Å². The third-order valence-corrected chi connectivity index (χ3v) is 14.0. The average molecular weight is 939 g/mol. The molecule has 0 unspecified atom stereocenters. The van der Waals surface area contributed by atoms with Gasteiger partial charge in [-0.1, -0.05) is 109 Å². The van der Waals surface area contributed by atoms with Crippen LogP contribution in [0.25, 0.3) is 111 Å². The van der Waals surface area contributed by atoms with Crippen LogP contribution in [0.15, 0.2) is 206 Å². The molecule has 0 aliphatic carbocycles. The van der Waals surface area contributed by atoms with Crippen molar-refractivity contribution in [2.24, 2.45) is 0 Å². The van der Waals surface area contributed by atoms with Crippen molar-refractivity contribution in [3.63, 3.8) is 0 Å². The fourth-order valence-electron chi connectivity index (χ4n) is 10.6. The predicted octanol–water partition coefficient (Wildman–Crippen LogP) is 15.4. The van der Waals surface area contributed by atoms with E-state index in [4.69, 9.17) is 0 Å². The standard InChI is InChI=1S/C66H34N8/c67-35-41-10-9-15-42(28-41)51-33-65(73-61-24-20-43(52-16-5-1-11-47(52)36-68)29-56(61)57-30-44(21-25-62(57)73)53-17-6-2-12-48(53)37-69)60(40-72)66(34-51)74-63-26-22-45(54-18-7-3-13-49(54)38-70)31-58(63)59-32-46(23-27-64(59)74)55-19-8-4-14-50(55)39-71/h1-34H. The lowest BCUT2D eigenvalue weighted by molar-refractivity contribution is 1.12. The number of nitriles is 6. The van der Waals surface area contributed by atoms with Gasteiger partial charge in [0.05, 0.1) is 91.6 Å². The molecule has 0 atom stereocenters. The van der Waals surface area contributed by atoms with Crippen LogP contribution in [0.3, 0.4) is 0 Å². The molecule has 2 aromatic heterocycles. The molecule has 0 saturated carbocycles. The van der Waals surface area contributed by atoms with Crippen molar-refractivity contribution in [1.29, 1.82) is 31.6 Å². The van der Waals surface area contributed by atoms with E-state index in [1.807, 2.05) is 152 Å².